The van der Waals surface area contributed by atoms with Gasteiger partial charge in [-0.25, -0.2) is 0 Å². The molecule has 2 rings (SSSR count). The molecule has 0 bridgehead atoms. The lowest BCUT2D eigenvalue weighted by molar-refractivity contribution is 0.0370. The first-order chi connectivity index (χ1) is 6.92. The average Bonchev–Trinajstić information content (AvgIpc) is 2.92. The molecule has 4 heteroatoms. The zero-order valence-corrected chi connectivity index (χ0v) is 10.2. The van der Waals surface area contributed by atoms with Gasteiger partial charge in [-0.05, 0) is 32.6 Å². The topological polar surface area (TPSA) is 38.0 Å². The van der Waals surface area contributed by atoms with Crippen molar-refractivity contribution in [2.45, 2.75) is 38.7 Å². The zero-order valence-electron chi connectivity index (χ0n) is 9.42. The summed E-state index contributed by atoms with van der Waals surface area (Å²) in [6.07, 6.45) is 2.87. The van der Waals surface area contributed by atoms with Crippen molar-refractivity contribution in [3.05, 3.63) is 16.4 Å². The van der Waals surface area contributed by atoms with Crippen molar-refractivity contribution in [3.63, 3.8) is 0 Å². The molecule has 3 nitrogen and oxygen atoms in total. The van der Waals surface area contributed by atoms with Crippen LogP contribution in [0.4, 0.5) is 0 Å². The predicted octanol–water partition coefficient (Wildman–Crippen LogP) is 2.09. The van der Waals surface area contributed by atoms with E-state index < -0.39 is 5.60 Å². The van der Waals surface area contributed by atoms with Gasteiger partial charge in [0.25, 0.3) is 0 Å². The largest absolute Gasteiger partial charge is 0.390 e. The molecule has 84 valence electrons. The third-order valence-electron chi connectivity index (χ3n) is 3.26. The summed E-state index contributed by atoms with van der Waals surface area (Å²) in [4.78, 5) is 0. The minimum absolute atomic E-state index is 0.438. The number of hydrogen-bond acceptors (Lipinski definition) is 2. The molecular weight excluding hydrogens is 212 g/mol. The third kappa shape index (κ3) is 2.04. The van der Waals surface area contributed by atoms with Crippen molar-refractivity contribution in [1.29, 1.82) is 0 Å². The first-order valence-corrected chi connectivity index (χ1v) is 5.70. The van der Waals surface area contributed by atoms with Crippen LogP contribution in [-0.2, 0) is 13.5 Å². The summed E-state index contributed by atoms with van der Waals surface area (Å²) < 4.78 is 1.66. The summed E-state index contributed by atoms with van der Waals surface area (Å²) >= 11 is 6.13. The average molecular weight is 229 g/mol. The number of hydrogen-bond donors (Lipinski definition) is 1. The van der Waals surface area contributed by atoms with Gasteiger partial charge in [0.15, 0.2) is 0 Å². The maximum atomic E-state index is 10.3. The molecule has 1 fully saturated rings. The molecule has 1 aliphatic carbocycles. The maximum absolute atomic E-state index is 10.3. The van der Waals surface area contributed by atoms with Crippen molar-refractivity contribution in [1.82, 2.24) is 9.78 Å². The number of halogens is 1. The predicted molar refractivity (Wildman–Crippen MR) is 60.0 cm³/mol. The molecule has 1 aromatic heterocycles. The van der Waals surface area contributed by atoms with Gasteiger partial charge in [-0.1, -0.05) is 11.6 Å². The van der Waals surface area contributed by atoms with Crippen LogP contribution in [0.5, 0.6) is 0 Å². The van der Waals surface area contributed by atoms with Crippen LogP contribution in [0.25, 0.3) is 0 Å². The number of nitrogens with zero attached hydrogens (tertiary/aromatic N) is 2. The minimum atomic E-state index is -0.628. The first-order valence-electron chi connectivity index (χ1n) is 5.32. The Bertz CT molecular complexity index is 380. The van der Waals surface area contributed by atoms with E-state index in [1.165, 1.54) is 0 Å². The Kier molecular flexibility index (Phi) is 2.55. The summed E-state index contributed by atoms with van der Waals surface area (Å²) in [6, 6.07) is 0. The van der Waals surface area contributed by atoms with Gasteiger partial charge >= 0.3 is 0 Å². The fourth-order valence-corrected chi connectivity index (χ4v) is 2.32. The summed E-state index contributed by atoms with van der Waals surface area (Å²) in [7, 11) is 1.82. The molecule has 0 saturated heterocycles. The number of aromatic nitrogens is 2. The van der Waals surface area contributed by atoms with E-state index in [1.807, 2.05) is 20.9 Å². The lowest BCUT2D eigenvalue weighted by atomic mass is 9.92. The van der Waals surface area contributed by atoms with Gasteiger partial charge in [0.05, 0.1) is 11.3 Å². The van der Waals surface area contributed by atoms with Crippen LogP contribution in [0.3, 0.4) is 0 Å². The second-order valence-corrected chi connectivity index (χ2v) is 5.14. The molecule has 1 aliphatic rings. The summed E-state index contributed by atoms with van der Waals surface area (Å²) in [5, 5.41) is 15.2. The lowest BCUT2D eigenvalue weighted by Gasteiger charge is -2.22. The van der Waals surface area contributed by atoms with Gasteiger partial charge in [0, 0.05) is 19.0 Å². The van der Waals surface area contributed by atoms with E-state index in [1.54, 1.807) is 4.68 Å². The van der Waals surface area contributed by atoms with Crippen molar-refractivity contribution in [2.75, 3.05) is 0 Å². The Morgan fingerprint density at radius 2 is 2.20 bits per heavy atom. The molecule has 0 amide bonds. The van der Waals surface area contributed by atoms with Crippen LogP contribution in [0.2, 0.25) is 5.15 Å². The maximum Gasteiger partial charge on any atom is 0.130 e. The normalized spacial score (nSPS) is 20.3. The smallest absolute Gasteiger partial charge is 0.130 e. The van der Waals surface area contributed by atoms with E-state index in [-0.39, 0.29) is 0 Å². The molecule has 0 aliphatic heterocycles. The van der Waals surface area contributed by atoms with Crippen molar-refractivity contribution < 1.29 is 5.11 Å². The van der Waals surface area contributed by atoms with Crippen molar-refractivity contribution in [3.8, 4) is 0 Å². The van der Waals surface area contributed by atoms with E-state index in [4.69, 9.17) is 11.6 Å². The first kappa shape index (κ1) is 11.0. The van der Waals surface area contributed by atoms with Crippen molar-refractivity contribution >= 4 is 11.6 Å². The fourth-order valence-electron chi connectivity index (χ4n) is 2.08. The summed E-state index contributed by atoms with van der Waals surface area (Å²) in [5.41, 5.74) is 1.27. The molecule has 0 aromatic carbocycles. The summed E-state index contributed by atoms with van der Waals surface area (Å²) in [6.45, 7) is 3.83. The van der Waals surface area contributed by atoms with Gasteiger partial charge < -0.3 is 5.11 Å². The van der Waals surface area contributed by atoms with Crippen molar-refractivity contribution in [2.24, 2.45) is 13.0 Å². The Labute approximate surface area is 95.0 Å². The number of rotatable bonds is 3. The van der Waals surface area contributed by atoms with Crippen LogP contribution >= 0.6 is 11.6 Å². The quantitative estimate of drug-likeness (QED) is 0.861. The molecule has 1 atom stereocenters. The van der Waals surface area contributed by atoms with Crippen LogP contribution < -0.4 is 0 Å². The monoisotopic (exact) mass is 228 g/mol. The highest BCUT2D eigenvalue weighted by atomic mass is 35.5. The molecule has 15 heavy (non-hydrogen) atoms. The highest BCUT2D eigenvalue weighted by molar-refractivity contribution is 6.30. The minimum Gasteiger partial charge on any atom is -0.390 e. The molecule has 1 aromatic rings. The molecule has 1 unspecified atom stereocenters. The lowest BCUT2D eigenvalue weighted by Crippen LogP contribution is -2.30. The van der Waals surface area contributed by atoms with E-state index in [2.05, 4.69) is 5.10 Å². The molecule has 0 spiro atoms. The van der Waals surface area contributed by atoms with E-state index in [0.717, 1.165) is 24.1 Å². The Balaban J connectivity index is 2.23. The molecule has 1 N–H and O–H groups in total. The molecule has 0 radical (unpaired) electrons. The number of aryl methyl sites for hydroxylation is 2. The SMILES string of the molecule is Cc1nn(C)c(Cl)c1CC(C)(O)C1CC1. The molecular formula is C11H17ClN2O. The molecule has 1 saturated carbocycles. The fraction of sp³-hybridized carbons (Fsp3) is 0.727. The van der Waals surface area contributed by atoms with Gasteiger partial charge in [0.1, 0.15) is 5.15 Å². The van der Waals surface area contributed by atoms with Gasteiger partial charge in [0.2, 0.25) is 0 Å². The second kappa shape index (κ2) is 3.49. The Morgan fingerprint density at radius 1 is 1.60 bits per heavy atom. The van der Waals surface area contributed by atoms with Crippen LogP contribution in [0.1, 0.15) is 31.0 Å². The van der Waals surface area contributed by atoms with E-state index in [0.29, 0.717) is 17.5 Å². The molecule has 1 heterocycles. The van der Waals surface area contributed by atoms with Gasteiger partial charge in [-0.15, -0.1) is 0 Å². The van der Waals surface area contributed by atoms with Gasteiger partial charge in [-0.2, -0.15) is 5.10 Å². The third-order valence-corrected chi connectivity index (χ3v) is 3.73. The highest BCUT2D eigenvalue weighted by Gasteiger charge is 2.40. The zero-order chi connectivity index (χ0) is 11.2. The van der Waals surface area contributed by atoms with E-state index >= 15 is 0 Å². The number of aliphatic hydroxyl groups is 1. The van der Waals surface area contributed by atoms with Gasteiger partial charge in [-0.3, -0.25) is 4.68 Å². The van der Waals surface area contributed by atoms with Crippen LogP contribution in [0, 0.1) is 12.8 Å². The summed E-state index contributed by atoms with van der Waals surface area (Å²) in [5.74, 6) is 0.438. The van der Waals surface area contributed by atoms with Crippen LogP contribution in [-0.4, -0.2) is 20.5 Å². The highest BCUT2D eigenvalue weighted by Crippen LogP contribution is 2.42. The second-order valence-electron chi connectivity index (χ2n) is 4.79. The van der Waals surface area contributed by atoms with Crippen LogP contribution in [0.15, 0.2) is 0 Å². The Hall–Kier alpha value is -0.540. The van der Waals surface area contributed by atoms with E-state index in [9.17, 15) is 5.11 Å². The standard InChI is InChI=1S/C11H17ClN2O/c1-7-9(10(12)14(3)13-7)6-11(2,15)8-4-5-8/h8,15H,4-6H2,1-3H3. The Morgan fingerprint density at radius 3 is 2.60 bits per heavy atom.